The van der Waals surface area contributed by atoms with E-state index in [-0.39, 0.29) is 17.2 Å². The van der Waals surface area contributed by atoms with Gasteiger partial charge in [0, 0.05) is 6.04 Å². The quantitative estimate of drug-likeness (QED) is 0.702. The van der Waals surface area contributed by atoms with E-state index in [4.69, 9.17) is 15.6 Å². The number of hydrogen-bond acceptors (Lipinski definition) is 5. The number of amides is 1. The van der Waals surface area contributed by atoms with Crippen LogP contribution in [0.15, 0.2) is 29.2 Å². The second kappa shape index (κ2) is 5.13. The summed E-state index contributed by atoms with van der Waals surface area (Å²) in [6.45, 7) is 2.16. The summed E-state index contributed by atoms with van der Waals surface area (Å²) in [4.78, 5) is 12.2. The van der Waals surface area contributed by atoms with Crippen molar-refractivity contribution in [1.29, 1.82) is 0 Å². The van der Waals surface area contributed by atoms with Gasteiger partial charge < -0.3 is 15.8 Å². The highest BCUT2D eigenvalue weighted by Gasteiger charge is 2.44. The minimum atomic E-state index is -3.91. The molecule has 1 aromatic rings. The van der Waals surface area contributed by atoms with Crippen LogP contribution in [0.5, 0.6) is 0 Å². The van der Waals surface area contributed by atoms with Crippen LogP contribution in [0, 0.1) is 5.41 Å². The molecule has 1 aliphatic heterocycles. The van der Waals surface area contributed by atoms with Gasteiger partial charge in [-0.05, 0) is 19.1 Å². The molecular weight excluding hydrogens is 282 g/mol. The topological polar surface area (TPSA) is 125 Å². The van der Waals surface area contributed by atoms with E-state index in [0.717, 1.165) is 0 Å². The van der Waals surface area contributed by atoms with Gasteiger partial charge in [-0.1, -0.05) is 12.1 Å². The van der Waals surface area contributed by atoms with Crippen LogP contribution in [-0.2, 0) is 19.6 Å². The predicted octanol–water partition coefficient (Wildman–Crippen LogP) is -0.364. The average molecular weight is 299 g/mol. The minimum absolute atomic E-state index is 0.135. The molecule has 0 bridgehead atoms. The van der Waals surface area contributed by atoms with Crippen molar-refractivity contribution in [3.8, 4) is 0 Å². The summed E-state index contributed by atoms with van der Waals surface area (Å²) in [5.41, 5.74) is 5.10. The molecular formula is C12H17N3O4S. The first-order valence-electron chi connectivity index (χ1n) is 6.02. The molecule has 0 radical (unpaired) electrons. The van der Waals surface area contributed by atoms with Crippen molar-refractivity contribution in [2.75, 3.05) is 18.5 Å². The molecule has 1 heterocycles. The first kappa shape index (κ1) is 14.9. The largest absolute Gasteiger partial charge is 0.379 e. The van der Waals surface area contributed by atoms with Crippen molar-refractivity contribution < 1.29 is 17.9 Å². The third kappa shape index (κ3) is 2.68. The molecule has 1 amide bonds. The number of sulfonamides is 1. The Labute approximate surface area is 117 Å². The first-order valence-corrected chi connectivity index (χ1v) is 7.56. The Hall–Kier alpha value is -1.48. The first-order chi connectivity index (χ1) is 9.25. The van der Waals surface area contributed by atoms with Gasteiger partial charge >= 0.3 is 0 Å². The molecule has 0 aliphatic carbocycles. The van der Waals surface area contributed by atoms with E-state index >= 15 is 0 Å². The summed E-state index contributed by atoms with van der Waals surface area (Å²) in [5.74, 6) is -0.390. The Balaban J connectivity index is 2.30. The van der Waals surface area contributed by atoms with E-state index in [2.05, 4.69) is 5.32 Å². The summed E-state index contributed by atoms with van der Waals surface area (Å²) < 4.78 is 28.2. The van der Waals surface area contributed by atoms with Crippen LogP contribution in [0.3, 0.4) is 0 Å². The lowest BCUT2D eigenvalue weighted by molar-refractivity contribution is -0.125. The second-order valence-corrected chi connectivity index (χ2v) is 6.56. The van der Waals surface area contributed by atoms with Gasteiger partial charge in [-0.2, -0.15) is 0 Å². The summed E-state index contributed by atoms with van der Waals surface area (Å²) in [6.07, 6.45) is 0. The van der Waals surface area contributed by atoms with Crippen LogP contribution in [0.25, 0.3) is 0 Å². The number of nitrogens with one attached hydrogen (secondary N) is 1. The average Bonchev–Trinajstić information content (AvgIpc) is 2.70. The number of carbonyl (C=O) groups is 1. The van der Waals surface area contributed by atoms with Gasteiger partial charge in [-0.15, -0.1) is 0 Å². The highest BCUT2D eigenvalue weighted by molar-refractivity contribution is 7.89. The Morgan fingerprint density at radius 3 is 2.65 bits per heavy atom. The molecule has 5 N–H and O–H groups in total. The van der Waals surface area contributed by atoms with Crippen LogP contribution in [-0.4, -0.2) is 33.6 Å². The van der Waals surface area contributed by atoms with Gasteiger partial charge in [0.15, 0.2) is 0 Å². The molecule has 0 saturated carbocycles. The normalized spacial score (nSPS) is 26.4. The smallest absolute Gasteiger partial charge is 0.240 e. The number of ether oxygens (including phenoxy) is 1. The van der Waals surface area contributed by atoms with Crippen LogP contribution in [0.4, 0.5) is 5.69 Å². The Bertz CT molecular complexity index is 631. The molecule has 2 unspecified atom stereocenters. The molecule has 8 heteroatoms. The van der Waals surface area contributed by atoms with Crippen LogP contribution in [0.1, 0.15) is 6.92 Å². The van der Waals surface area contributed by atoms with Crippen molar-refractivity contribution in [2.24, 2.45) is 16.3 Å². The zero-order valence-electron chi connectivity index (χ0n) is 11.0. The highest BCUT2D eigenvalue weighted by Crippen LogP contribution is 2.30. The van der Waals surface area contributed by atoms with E-state index in [1.807, 2.05) is 0 Å². The number of benzene rings is 1. The summed E-state index contributed by atoms with van der Waals surface area (Å²) in [6, 6.07) is 5.50. The zero-order chi connectivity index (χ0) is 15.0. The maximum Gasteiger partial charge on any atom is 0.240 e. The maximum absolute atomic E-state index is 12.3. The molecule has 110 valence electrons. The third-order valence-electron chi connectivity index (χ3n) is 3.48. The lowest BCUT2D eigenvalue weighted by Crippen LogP contribution is -2.47. The highest BCUT2D eigenvalue weighted by atomic mass is 32.2. The molecule has 1 aromatic carbocycles. The lowest BCUT2D eigenvalue weighted by atomic mass is 9.85. The number of para-hydroxylation sites is 1. The van der Waals surface area contributed by atoms with Gasteiger partial charge in [-0.25, -0.2) is 13.6 Å². The second-order valence-electron chi connectivity index (χ2n) is 5.03. The molecule has 0 aromatic heterocycles. The van der Waals surface area contributed by atoms with Gasteiger partial charge in [-0.3, -0.25) is 4.79 Å². The van der Waals surface area contributed by atoms with Crippen molar-refractivity contribution in [2.45, 2.75) is 17.9 Å². The van der Waals surface area contributed by atoms with Gasteiger partial charge in [0.2, 0.25) is 15.9 Å². The number of hydrogen-bond donors (Lipinski definition) is 3. The van der Waals surface area contributed by atoms with Crippen LogP contribution in [0.2, 0.25) is 0 Å². The van der Waals surface area contributed by atoms with E-state index < -0.39 is 27.4 Å². The van der Waals surface area contributed by atoms with Crippen molar-refractivity contribution in [3.63, 3.8) is 0 Å². The molecule has 2 rings (SSSR count). The molecule has 0 spiro atoms. The zero-order valence-corrected chi connectivity index (χ0v) is 11.8. The number of anilines is 1. The van der Waals surface area contributed by atoms with E-state index in [9.17, 15) is 13.2 Å². The number of rotatable bonds is 3. The standard InChI is InChI=1S/C12H17N3O4S/c1-12(7-19-6-10(12)13)11(16)15-8-4-2-3-5-9(8)20(14,17)18/h2-5,10H,6-7,13H2,1H3,(H,15,16)(H2,14,17,18). The molecule has 1 fully saturated rings. The predicted molar refractivity (Wildman–Crippen MR) is 73.3 cm³/mol. The molecule has 1 saturated heterocycles. The lowest BCUT2D eigenvalue weighted by Gasteiger charge is -2.25. The minimum Gasteiger partial charge on any atom is -0.379 e. The molecule has 2 atom stereocenters. The van der Waals surface area contributed by atoms with E-state index in [0.29, 0.717) is 6.61 Å². The third-order valence-corrected chi connectivity index (χ3v) is 4.45. The van der Waals surface area contributed by atoms with Gasteiger partial charge in [0.05, 0.1) is 24.3 Å². The monoisotopic (exact) mass is 299 g/mol. The Morgan fingerprint density at radius 2 is 2.10 bits per heavy atom. The molecule has 1 aliphatic rings. The SMILES string of the molecule is CC1(C(=O)Nc2ccccc2S(N)(=O)=O)COCC1N. The fraction of sp³-hybridized carbons (Fsp3) is 0.417. The fourth-order valence-electron chi connectivity index (χ4n) is 2.01. The Kier molecular flexibility index (Phi) is 3.83. The number of carbonyl (C=O) groups excluding carboxylic acids is 1. The number of nitrogens with two attached hydrogens (primary N) is 2. The Morgan fingerprint density at radius 1 is 1.45 bits per heavy atom. The van der Waals surface area contributed by atoms with Crippen LogP contribution < -0.4 is 16.2 Å². The van der Waals surface area contributed by atoms with Crippen LogP contribution >= 0.6 is 0 Å². The summed E-state index contributed by atoms with van der Waals surface area (Å²) in [7, 11) is -3.91. The summed E-state index contributed by atoms with van der Waals surface area (Å²) in [5, 5.41) is 7.69. The van der Waals surface area contributed by atoms with Crippen molar-refractivity contribution in [3.05, 3.63) is 24.3 Å². The molecule has 20 heavy (non-hydrogen) atoms. The fourth-order valence-corrected chi connectivity index (χ4v) is 2.70. The van der Waals surface area contributed by atoms with Gasteiger partial charge in [0.25, 0.3) is 0 Å². The van der Waals surface area contributed by atoms with Crippen molar-refractivity contribution >= 4 is 21.6 Å². The summed E-state index contributed by atoms with van der Waals surface area (Å²) >= 11 is 0. The number of primary sulfonamides is 1. The van der Waals surface area contributed by atoms with E-state index in [1.54, 1.807) is 13.0 Å². The maximum atomic E-state index is 12.3. The van der Waals surface area contributed by atoms with E-state index in [1.165, 1.54) is 18.2 Å². The van der Waals surface area contributed by atoms with Crippen molar-refractivity contribution in [1.82, 2.24) is 0 Å². The molecule has 7 nitrogen and oxygen atoms in total. The van der Waals surface area contributed by atoms with Gasteiger partial charge in [0.1, 0.15) is 4.90 Å².